The highest BCUT2D eigenvalue weighted by Crippen LogP contribution is 2.23. The molecule has 0 unspecified atom stereocenters. The highest BCUT2D eigenvalue weighted by atomic mass is 16.5. The summed E-state index contributed by atoms with van der Waals surface area (Å²) in [6.07, 6.45) is 0.755. The van der Waals surface area contributed by atoms with Gasteiger partial charge in [-0.1, -0.05) is 18.2 Å². The van der Waals surface area contributed by atoms with E-state index in [2.05, 4.69) is 5.32 Å². The Bertz CT molecular complexity index is 984. The molecule has 0 radical (unpaired) electrons. The van der Waals surface area contributed by atoms with Crippen LogP contribution in [0.3, 0.4) is 0 Å². The summed E-state index contributed by atoms with van der Waals surface area (Å²) in [4.78, 5) is 27.5. The van der Waals surface area contributed by atoms with Gasteiger partial charge in [-0.2, -0.15) is 0 Å². The number of hydrogen-bond donors (Lipinski definition) is 3. The van der Waals surface area contributed by atoms with Crippen molar-refractivity contribution in [2.75, 3.05) is 44.7 Å². The van der Waals surface area contributed by atoms with E-state index in [1.54, 1.807) is 24.3 Å². The lowest BCUT2D eigenvalue weighted by molar-refractivity contribution is -0.138. The minimum absolute atomic E-state index is 0.0386. The van der Waals surface area contributed by atoms with E-state index in [9.17, 15) is 9.59 Å². The average molecular weight is 422 g/mol. The number of benzene rings is 2. The third kappa shape index (κ3) is 5.10. The van der Waals surface area contributed by atoms with Crippen LogP contribution in [-0.4, -0.2) is 72.0 Å². The Balaban J connectivity index is 1.38. The molecule has 0 atom stereocenters. The van der Waals surface area contributed by atoms with Crippen molar-refractivity contribution in [2.24, 2.45) is 0 Å². The van der Waals surface area contributed by atoms with Crippen LogP contribution in [0.1, 0.15) is 27.0 Å². The van der Waals surface area contributed by atoms with Crippen LogP contribution in [0, 0.1) is 5.41 Å². The Labute approximate surface area is 180 Å². The van der Waals surface area contributed by atoms with Crippen LogP contribution in [0.2, 0.25) is 0 Å². The molecule has 0 aromatic heterocycles. The summed E-state index contributed by atoms with van der Waals surface area (Å²) in [5.74, 6) is -0.576. The lowest BCUT2D eigenvalue weighted by Crippen LogP contribution is -2.40. The quantitative estimate of drug-likeness (QED) is 0.503. The highest BCUT2D eigenvalue weighted by Gasteiger charge is 2.19. The summed E-state index contributed by atoms with van der Waals surface area (Å²) < 4.78 is 5.33. The zero-order chi connectivity index (χ0) is 21.8. The van der Waals surface area contributed by atoms with Crippen molar-refractivity contribution in [3.8, 4) is 0 Å². The largest absolute Gasteiger partial charge is 0.480 e. The molecule has 2 aliphatic heterocycles. The molecule has 0 saturated carbocycles. The SMILES string of the molecule is N=C(c1ccc(C(=O)Nc2ccc3c(c2)CCN(CC(=O)O)C3)cc1)N1CCOCC1. The van der Waals surface area contributed by atoms with E-state index >= 15 is 0 Å². The van der Waals surface area contributed by atoms with Crippen molar-refractivity contribution in [1.29, 1.82) is 5.41 Å². The van der Waals surface area contributed by atoms with Gasteiger partial charge in [0, 0.05) is 43.0 Å². The highest BCUT2D eigenvalue weighted by molar-refractivity contribution is 6.05. The number of nitrogens with zero attached hydrogens (tertiary/aromatic N) is 2. The molecular weight excluding hydrogens is 396 g/mol. The molecule has 2 aromatic rings. The number of carboxylic acids is 1. The van der Waals surface area contributed by atoms with E-state index < -0.39 is 5.97 Å². The summed E-state index contributed by atoms with van der Waals surface area (Å²) in [6, 6.07) is 12.8. The fourth-order valence-electron chi connectivity index (χ4n) is 3.97. The number of carbonyl (C=O) groups is 2. The molecule has 1 amide bonds. The lowest BCUT2D eigenvalue weighted by Gasteiger charge is -2.29. The van der Waals surface area contributed by atoms with Gasteiger partial charge in [0.15, 0.2) is 0 Å². The molecular formula is C23H26N4O4. The molecule has 4 rings (SSSR count). The zero-order valence-corrected chi connectivity index (χ0v) is 17.3. The van der Waals surface area contributed by atoms with Crippen molar-refractivity contribution in [2.45, 2.75) is 13.0 Å². The van der Waals surface area contributed by atoms with Gasteiger partial charge in [0.25, 0.3) is 5.91 Å². The van der Waals surface area contributed by atoms with Crippen LogP contribution >= 0.6 is 0 Å². The topological polar surface area (TPSA) is 106 Å². The van der Waals surface area contributed by atoms with Crippen LogP contribution in [0.5, 0.6) is 0 Å². The number of carbonyl (C=O) groups excluding carboxylic acids is 1. The van der Waals surface area contributed by atoms with Crippen LogP contribution in [0.15, 0.2) is 42.5 Å². The number of anilines is 1. The fraction of sp³-hybridized carbons (Fsp3) is 0.348. The first-order valence-electron chi connectivity index (χ1n) is 10.4. The second-order valence-corrected chi connectivity index (χ2v) is 7.82. The Morgan fingerprint density at radius 1 is 1.00 bits per heavy atom. The molecule has 8 heteroatoms. The summed E-state index contributed by atoms with van der Waals surface area (Å²) in [6.45, 7) is 3.99. The Hall–Kier alpha value is -3.23. The minimum Gasteiger partial charge on any atom is -0.480 e. The van der Waals surface area contributed by atoms with Gasteiger partial charge in [-0.05, 0) is 41.8 Å². The van der Waals surface area contributed by atoms with E-state index in [4.69, 9.17) is 15.3 Å². The third-order valence-corrected chi connectivity index (χ3v) is 5.66. The van der Waals surface area contributed by atoms with Crippen molar-refractivity contribution < 1.29 is 19.4 Å². The number of morpholine rings is 1. The number of rotatable bonds is 5. The summed E-state index contributed by atoms with van der Waals surface area (Å²) in [7, 11) is 0. The van der Waals surface area contributed by atoms with E-state index in [-0.39, 0.29) is 12.5 Å². The number of nitrogens with one attached hydrogen (secondary N) is 2. The molecule has 162 valence electrons. The first kappa shape index (κ1) is 21.0. The number of carboxylic acid groups (broad SMARTS) is 1. The molecule has 2 aromatic carbocycles. The minimum atomic E-state index is -0.821. The van der Waals surface area contributed by atoms with Gasteiger partial charge < -0.3 is 20.1 Å². The second kappa shape index (κ2) is 9.28. The summed E-state index contributed by atoms with van der Waals surface area (Å²) in [5, 5.41) is 20.3. The number of aliphatic carboxylic acids is 1. The lowest BCUT2D eigenvalue weighted by atomic mass is 9.99. The monoisotopic (exact) mass is 422 g/mol. The van der Waals surface area contributed by atoms with Crippen LogP contribution < -0.4 is 5.32 Å². The van der Waals surface area contributed by atoms with Gasteiger partial charge >= 0.3 is 5.97 Å². The molecule has 31 heavy (non-hydrogen) atoms. The number of hydrogen-bond acceptors (Lipinski definition) is 5. The third-order valence-electron chi connectivity index (χ3n) is 5.66. The molecule has 0 bridgehead atoms. The molecule has 3 N–H and O–H groups in total. The van der Waals surface area contributed by atoms with Gasteiger partial charge in [0.2, 0.25) is 0 Å². The maximum absolute atomic E-state index is 12.7. The predicted molar refractivity (Wildman–Crippen MR) is 117 cm³/mol. The predicted octanol–water partition coefficient (Wildman–Crippen LogP) is 2.04. The second-order valence-electron chi connectivity index (χ2n) is 7.82. The Morgan fingerprint density at radius 2 is 1.71 bits per heavy atom. The van der Waals surface area contributed by atoms with E-state index in [1.807, 2.05) is 28.0 Å². The maximum Gasteiger partial charge on any atom is 0.317 e. The van der Waals surface area contributed by atoms with Crippen LogP contribution in [-0.2, 0) is 22.5 Å². The first-order chi connectivity index (χ1) is 15.0. The summed E-state index contributed by atoms with van der Waals surface area (Å²) in [5.41, 5.74) is 4.26. The molecule has 2 heterocycles. The Kier molecular flexibility index (Phi) is 6.29. The molecule has 8 nitrogen and oxygen atoms in total. The Morgan fingerprint density at radius 3 is 2.42 bits per heavy atom. The van der Waals surface area contributed by atoms with Crippen molar-refractivity contribution in [3.63, 3.8) is 0 Å². The van der Waals surface area contributed by atoms with E-state index in [0.29, 0.717) is 50.8 Å². The van der Waals surface area contributed by atoms with Gasteiger partial charge in [0.05, 0.1) is 19.8 Å². The van der Waals surface area contributed by atoms with Crippen molar-refractivity contribution in [1.82, 2.24) is 9.80 Å². The average Bonchev–Trinajstić information content (AvgIpc) is 2.79. The van der Waals surface area contributed by atoms with Crippen molar-refractivity contribution >= 4 is 23.4 Å². The molecule has 1 saturated heterocycles. The standard InChI is InChI=1S/C23H26N4O4/c24-22(27-9-11-31-12-10-27)16-1-3-17(4-2-16)23(30)25-20-6-5-19-14-26(15-21(28)29)8-7-18(19)13-20/h1-6,13,24H,7-12,14-15H2,(H,25,30)(H,28,29). The first-order valence-corrected chi connectivity index (χ1v) is 10.4. The van der Waals surface area contributed by atoms with E-state index in [1.165, 1.54) is 0 Å². The molecule has 0 aliphatic carbocycles. The number of amides is 1. The molecule has 0 spiro atoms. The number of ether oxygens (including phenoxy) is 1. The van der Waals surface area contributed by atoms with E-state index in [0.717, 1.165) is 28.8 Å². The van der Waals surface area contributed by atoms with Crippen LogP contribution in [0.25, 0.3) is 0 Å². The van der Waals surface area contributed by atoms with Gasteiger partial charge in [-0.25, -0.2) is 0 Å². The number of fused-ring (bicyclic) bond motifs is 1. The normalized spacial score (nSPS) is 16.5. The zero-order valence-electron chi connectivity index (χ0n) is 17.3. The molecule has 1 fully saturated rings. The van der Waals surface area contributed by atoms with Crippen LogP contribution in [0.4, 0.5) is 5.69 Å². The smallest absolute Gasteiger partial charge is 0.317 e. The fourth-order valence-corrected chi connectivity index (χ4v) is 3.97. The molecule has 2 aliphatic rings. The number of amidine groups is 1. The van der Waals surface area contributed by atoms with Crippen molar-refractivity contribution in [3.05, 3.63) is 64.7 Å². The maximum atomic E-state index is 12.7. The summed E-state index contributed by atoms with van der Waals surface area (Å²) >= 11 is 0. The van der Waals surface area contributed by atoms with Gasteiger partial charge in [-0.15, -0.1) is 0 Å². The van der Waals surface area contributed by atoms with Gasteiger partial charge in [-0.3, -0.25) is 19.9 Å². The van der Waals surface area contributed by atoms with Gasteiger partial charge in [0.1, 0.15) is 5.84 Å².